The van der Waals surface area contributed by atoms with Crippen LogP contribution in [0.2, 0.25) is 0 Å². The highest BCUT2D eigenvalue weighted by atomic mass is 32.3. The van der Waals surface area contributed by atoms with E-state index in [-0.39, 0.29) is 38.8 Å². The minimum absolute atomic E-state index is 0.0542. The van der Waals surface area contributed by atoms with Crippen LogP contribution in [0.3, 0.4) is 0 Å². The number of rotatable bonds is 12. The molecule has 6 fully saturated rings. The van der Waals surface area contributed by atoms with Crippen molar-refractivity contribution in [2.45, 2.75) is 197 Å². The number of ether oxygens (including phenoxy) is 8. The SMILES string of the molecule is NC[C@H]1O[C@H](O[C@H]2[C@H](O)[C@@H](O[C@H]3O[C@H](CO)[C@@H](O)[C@H](N)[C@H]3O)[C@H](N)C[C@@H]2N)[C@H](N)C[C@@H]1O.NC[C@H]1O[C@H](O[C@H]2[C@H](O)[C@@H](O[C@H]3O[C@H](CO)[C@@H](O)[C@H](N)[C@H]3O)[C@H](N)C[C@@H]2N)[C@H](N)C[C@@H]1O.O=S(=O)(O)O. The van der Waals surface area contributed by atoms with Crippen LogP contribution in [0.25, 0.3) is 0 Å². The van der Waals surface area contributed by atoms with E-state index in [2.05, 4.69) is 0 Å². The van der Waals surface area contributed by atoms with Gasteiger partial charge in [-0.3, -0.25) is 9.11 Å². The van der Waals surface area contributed by atoms with E-state index < -0.39 is 195 Å². The fourth-order valence-corrected chi connectivity index (χ4v) is 8.86. The highest BCUT2D eigenvalue weighted by Gasteiger charge is 2.52. The zero-order valence-corrected chi connectivity index (χ0v) is 38.3. The Balaban J connectivity index is 0.000000274. The molecule has 6 aliphatic rings. The van der Waals surface area contributed by atoms with Crippen LogP contribution in [0.4, 0.5) is 0 Å². The molecular formula is C36H76N10O22S. The molecule has 28 atom stereocenters. The third-order valence-electron chi connectivity index (χ3n) is 12.8. The topological polar surface area (TPSA) is 611 Å². The van der Waals surface area contributed by atoms with Crippen molar-refractivity contribution in [1.82, 2.24) is 0 Å². The van der Waals surface area contributed by atoms with Crippen molar-refractivity contribution < 1.29 is 106 Å². The monoisotopic (exact) mass is 1030 g/mol. The van der Waals surface area contributed by atoms with Crippen molar-refractivity contribution in [1.29, 1.82) is 0 Å². The second-order valence-electron chi connectivity index (χ2n) is 18.0. The van der Waals surface area contributed by atoms with E-state index in [9.17, 15) is 51.1 Å². The molecule has 2 aliphatic carbocycles. The molecule has 0 unspecified atom stereocenters. The number of hydrogen-bond acceptors (Lipinski definition) is 30. The Morgan fingerprint density at radius 3 is 0.928 bits per heavy atom. The molecule has 33 heteroatoms. The summed E-state index contributed by atoms with van der Waals surface area (Å²) in [6, 6.07) is -6.53. The lowest BCUT2D eigenvalue weighted by Crippen LogP contribution is -2.68. The maximum Gasteiger partial charge on any atom is 0.394 e. The summed E-state index contributed by atoms with van der Waals surface area (Å²) >= 11 is 0. The molecule has 0 aromatic heterocycles. The highest BCUT2D eigenvalue weighted by Crippen LogP contribution is 2.33. The lowest BCUT2D eigenvalue weighted by molar-refractivity contribution is -0.314. The van der Waals surface area contributed by atoms with Gasteiger partial charge in [-0.05, 0) is 25.7 Å². The van der Waals surface area contributed by atoms with Crippen LogP contribution in [-0.4, -0.2) is 266 Å². The predicted molar refractivity (Wildman–Crippen MR) is 231 cm³/mol. The second kappa shape index (κ2) is 26.3. The maximum absolute atomic E-state index is 11.0. The summed E-state index contributed by atoms with van der Waals surface area (Å²) in [5, 5.41) is 101. The van der Waals surface area contributed by atoms with Crippen molar-refractivity contribution in [3.63, 3.8) is 0 Å². The molecule has 0 amide bonds. The Morgan fingerprint density at radius 2 is 0.667 bits per heavy atom. The van der Waals surface area contributed by atoms with E-state index in [4.69, 9.17) is 113 Å². The van der Waals surface area contributed by atoms with Crippen molar-refractivity contribution in [2.24, 2.45) is 57.3 Å². The van der Waals surface area contributed by atoms with Crippen molar-refractivity contribution >= 4 is 10.4 Å². The van der Waals surface area contributed by atoms with E-state index in [1.165, 1.54) is 0 Å². The molecule has 0 radical (unpaired) electrons. The summed E-state index contributed by atoms with van der Waals surface area (Å²) in [5.41, 5.74) is 59.5. The summed E-state index contributed by atoms with van der Waals surface area (Å²) in [6.07, 6.45) is -21.5. The average molecular weight is 1030 g/mol. The second-order valence-corrected chi connectivity index (χ2v) is 18.9. The zero-order chi connectivity index (χ0) is 52.0. The molecule has 0 aromatic carbocycles. The number of aliphatic hydroxyl groups is 10. The Hall–Kier alpha value is -1.25. The summed E-state index contributed by atoms with van der Waals surface area (Å²) in [7, 11) is -4.67. The first-order valence-corrected chi connectivity index (χ1v) is 23.6. The normalized spacial score (nSPS) is 49.7. The van der Waals surface area contributed by atoms with Gasteiger partial charge in [0.15, 0.2) is 25.2 Å². The molecule has 32 N–H and O–H groups in total. The third kappa shape index (κ3) is 15.4. The Morgan fingerprint density at radius 1 is 0.406 bits per heavy atom. The summed E-state index contributed by atoms with van der Waals surface area (Å²) < 4.78 is 77.0. The van der Waals surface area contributed by atoms with Gasteiger partial charge in [-0.15, -0.1) is 0 Å². The zero-order valence-electron chi connectivity index (χ0n) is 37.5. The smallest absolute Gasteiger partial charge is 0.394 e. The molecule has 4 saturated heterocycles. The summed E-state index contributed by atoms with van der Waals surface area (Å²) in [5.74, 6) is 0. The van der Waals surface area contributed by atoms with Gasteiger partial charge in [-0.2, -0.15) is 8.42 Å². The fourth-order valence-electron chi connectivity index (χ4n) is 8.86. The van der Waals surface area contributed by atoms with Gasteiger partial charge in [0, 0.05) is 37.3 Å². The lowest BCUT2D eigenvalue weighted by atomic mass is 9.84. The Bertz CT molecular complexity index is 1540. The molecule has 4 heterocycles. The fraction of sp³-hybridized carbons (Fsp3) is 1.00. The first-order valence-electron chi connectivity index (χ1n) is 22.2. The lowest BCUT2D eigenvalue weighted by Gasteiger charge is -2.47. The molecule has 0 spiro atoms. The molecule has 6 rings (SSSR count). The van der Waals surface area contributed by atoms with Crippen LogP contribution in [-0.2, 0) is 48.3 Å². The molecule has 0 aromatic rings. The molecule has 0 bridgehead atoms. The molecular weight excluding hydrogens is 957 g/mol. The minimum Gasteiger partial charge on any atom is -0.394 e. The van der Waals surface area contributed by atoms with Gasteiger partial charge in [-0.1, -0.05) is 0 Å². The van der Waals surface area contributed by atoms with E-state index >= 15 is 0 Å². The van der Waals surface area contributed by atoms with Crippen LogP contribution in [0.1, 0.15) is 25.7 Å². The van der Waals surface area contributed by atoms with E-state index in [0.29, 0.717) is 0 Å². The standard InChI is InChI=1S/2C18H37N5O9.H2O4S/c2*19-3-9-8(25)2-7(22)17(29-9)31-15-5(20)1-6(21)16(14(15)28)32-18-13(27)11(23)12(26)10(4-24)30-18;1-5(2,3)4/h2*5-18,24-28H,1-4,19-23H2;(H2,1,2,3,4)/t2*5-,6+,7+,8-,9+,10+,11-,12+,13+,14-,15+,16-,17+,18+;/m00./s1. The average Bonchev–Trinajstić information content (AvgIpc) is 3.27. The van der Waals surface area contributed by atoms with E-state index in [0.717, 1.165) is 0 Å². The number of aliphatic hydroxyl groups excluding tert-OH is 10. The highest BCUT2D eigenvalue weighted by molar-refractivity contribution is 7.79. The van der Waals surface area contributed by atoms with Crippen LogP contribution >= 0.6 is 0 Å². The molecule has 4 aliphatic heterocycles. The van der Waals surface area contributed by atoms with Crippen LogP contribution in [0, 0.1) is 0 Å². The predicted octanol–water partition coefficient (Wildman–Crippen LogP) is -13.2. The molecule has 408 valence electrons. The van der Waals surface area contributed by atoms with Gasteiger partial charge in [0.1, 0.15) is 73.2 Å². The first-order chi connectivity index (χ1) is 32.2. The van der Waals surface area contributed by atoms with Gasteiger partial charge in [0.2, 0.25) is 0 Å². The number of nitrogens with two attached hydrogens (primary N) is 10. The first kappa shape index (κ1) is 60.3. The van der Waals surface area contributed by atoms with Crippen LogP contribution in [0.15, 0.2) is 0 Å². The quantitative estimate of drug-likeness (QED) is 0.0807. The van der Waals surface area contributed by atoms with Gasteiger partial charge >= 0.3 is 10.4 Å². The maximum atomic E-state index is 11.0. The van der Waals surface area contributed by atoms with Gasteiger partial charge in [0.05, 0.1) is 61.8 Å². The minimum atomic E-state index is -4.67. The van der Waals surface area contributed by atoms with Gasteiger partial charge < -0.3 is 146 Å². The summed E-state index contributed by atoms with van der Waals surface area (Å²) in [6.45, 7) is -0.998. The Labute approximate surface area is 396 Å². The van der Waals surface area contributed by atoms with E-state index in [1.807, 2.05) is 0 Å². The number of hydrogen-bond donors (Lipinski definition) is 22. The van der Waals surface area contributed by atoms with Crippen molar-refractivity contribution in [3.8, 4) is 0 Å². The van der Waals surface area contributed by atoms with Crippen LogP contribution in [0.5, 0.6) is 0 Å². The van der Waals surface area contributed by atoms with E-state index in [1.54, 1.807) is 0 Å². The van der Waals surface area contributed by atoms with Gasteiger partial charge in [-0.25, -0.2) is 0 Å². The largest absolute Gasteiger partial charge is 0.394 e. The van der Waals surface area contributed by atoms with Crippen LogP contribution < -0.4 is 57.3 Å². The third-order valence-corrected chi connectivity index (χ3v) is 12.8. The molecule has 69 heavy (non-hydrogen) atoms. The Kier molecular flexibility index (Phi) is 23.0. The van der Waals surface area contributed by atoms with Crippen molar-refractivity contribution in [2.75, 3.05) is 26.3 Å². The van der Waals surface area contributed by atoms with Gasteiger partial charge in [0.25, 0.3) is 0 Å². The summed E-state index contributed by atoms with van der Waals surface area (Å²) in [4.78, 5) is 0. The molecule has 32 nitrogen and oxygen atoms in total. The molecule has 2 saturated carbocycles. The van der Waals surface area contributed by atoms with Crippen molar-refractivity contribution in [3.05, 3.63) is 0 Å².